The van der Waals surface area contributed by atoms with Gasteiger partial charge < -0.3 is 10.1 Å². The molecule has 3 heteroatoms. The first kappa shape index (κ1) is 14.5. The molecular weight excluding hydrogens is 236 g/mol. The lowest BCUT2D eigenvalue weighted by atomic mass is 10.0. The second kappa shape index (κ2) is 7.04. The predicted molar refractivity (Wildman–Crippen MR) is 79.5 cm³/mol. The molecule has 1 aliphatic heterocycles. The highest BCUT2D eigenvalue weighted by Crippen LogP contribution is 2.16. The van der Waals surface area contributed by atoms with Gasteiger partial charge in [0.25, 0.3) is 0 Å². The van der Waals surface area contributed by atoms with Gasteiger partial charge in [0.15, 0.2) is 0 Å². The van der Waals surface area contributed by atoms with Crippen LogP contribution >= 0.6 is 0 Å². The monoisotopic (exact) mass is 262 g/mol. The average Bonchev–Trinajstić information content (AvgIpc) is 2.46. The topological polar surface area (TPSA) is 24.5 Å². The van der Waals surface area contributed by atoms with Crippen LogP contribution in [0.4, 0.5) is 0 Å². The molecule has 1 heterocycles. The molecule has 1 fully saturated rings. The zero-order chi connectivity index (χ0) is 13.7. The molecule has 1 aliphatic rings. The Morgan fingerprint density at radius 2 is 1.89 bits per heavy atom. The molecule has 0 saturated carbocycles. The molecule has 2 unspecified atom stereocenters. The number of hydrogen-bond acceptors (Lipinski definition) is 3. The summed E-state index contributed by atoms with van der Waals surface area (Å²) in [5.74, 6) is 0. The number of benzene rings is 1. The van der Waals surface area contributed by atoms with Crippen molar-refractivity contribution in [3.8, 4) is 0 Å². The van der Waals surface area contributed by atoms with E-state index in [1.54, 1.807) is 0 Å². The average molecular weight is 262 g/mol. The van der Waals surface area contributed by atoms with Crippen molar-refractivity contribution in [2.24, 2.45) is 0 Å². The van der Waals surface area contributed by atoms with Gasteiger partial charge in [0.05, 0.1) is 13.2 Å². The molecule has 0 aromatic heterocycles. The van der Waals surface area contributed by atoms with Gasteiger partial charge in [-0.3, -0.25) is 4.90 Å². The van der Waals surface area contributed by atoms with E-state index in [0.717, 1.165) is 32.8 Å². The molecule has 1 N–H and O–H groups in total. The van der Waals surface area contributed by atoms with Crippen LogP contribution in [0, 0.1) is 6.92 Å². The highest BCUT2D eigenvalue weighted by atomic mass is 16.5. The Bertz CT molecular complexity index is 388. The molecule has 1 saturated heterocycles. The lowest BCUT2D eigenvalue weighted by Gasteiger charge is -2.33. The second-order valence-electron chi connectivity index (χ2n) is 5.48. The van der Waals surface area contributed by atoms with Crippen LogP contribution in [0.3, 0.4) is 0 Å². The fraction of sp³-hybridized carbons (Fsp3) is 0.625. The van der Waals surface area contributed by atoms with Crippen LogP contribution in [0.5, 0.6) is 0 Å². The zero-order valence-corrected chi connectivity index (χ0v) is 12.4. The Morgan fingerprint density at radius 1 is 1.21 bits per heavy atom. The van der Waals surface area contributed by atoms with E-state index in [1.165, 1.54) is 11.1 Å². The molecule has 0 bridgehead atoms. The first-order chi connectivity index (χ1) is 9.18. The van der Waals surface area contributed by atoms with E-state index in [0.29, 0.717) is 12.1 Å². The van der Waals surface area contributed by atoms with E-state index in [-0.39, 0.29) is 0 Å². The summed E-state index contributed by atoms with van der Waals surface area (Å²) in [7, 11) is 0. The number of morpholine rings is 1. The summed E-state index contributed by atoms with van der Waals surface area (Å²) < 4.78 is 5.40. The largest absolute Gasteiger partial charge is 0.379 e. The maximum absolute atomic E-state index is 5.40. The smallest absolute Gasteiger partial charge is 0.0594 e. The van der Waals surface area contributed by atoms with Gasteiger partial charge in [0.2, 0.25) is 0 Å². The van der Waals surface area contributed by atoms with E-state index in [9.17, 15) is 0 Å². The van der Waals surface area contributed by atoms with Gasteiger partial charge >= 0.3 is 0 Å². The van der Waals surface area contributed by atoms with Crippen LogP contribution in [-0.4, -0.2) is 43.8 Å². The van der Waals surface area contributed by atoms with Crippen LogP contribution in [0.2, 0.25) is 0 Å². The minimum Gasteiger partial charge on any atom is -0.379 e. The maximum Gasteiger partial charge on any atom is 0.0594 e. The van der Waals surface area contributed by atoms with E-state index in [4.69, 9.17) is 4.74 Å². The molecule has 1 aromatic carbocycles. The maximum atomic E-state index is 5.40. The van der Waals surface area contributed by atoms with E-state index < -0.39 is 0 Å². The molecule has 2 atom stereocenters. The molecule has 2 rings (SSSR count). The standard InChI is InChI=1S/C16H26N2O/c1-13-6-4-5-7-16(13)15(3)17-12-14(2)18-8-10-19-11-9-18/h4-7,14-15,17H,8-12H2,1-3H3. The number of rotatable bonds is 5. The van der Waals surface area contributed by atoms with Crippen molar-refractivity contribution in [2.75, 3.05) is 32.8 Å². The molecule has 106 valence electrons. The molecule has 0 spiro atoms. The Hall–Kier alpha value is -0.900. The van der Waals surface area contributed by atoms with Crippen LogP contribution in [0.15, 0.2) is 24.3 Å². The predicted octanol–water partition coefficient (Wildman–Crippen LogP) is 2.37. The molecule has 3 nitrogen and oxygen atoms in total. The second-order valence-corrected chi connectivity index (χ2v) is 5.48. The normalized spacial score (nSPS) is 20.2. The van der Waals surface area contributed by atoms with E-state index in [1.807, 2.05) is 0 Å². The van der Waals surface area contributed by atoms with Crippen molar-refractivity contribution >= 4 is 0 Å². The summed E-state index contributed by atoms with van der Waals surface area (Å²) in [5.41, 5.74) is 2.76. The first-order valence-corrected chi connectivity index (χ1v) is 7.29. The summed E-state index contributed by atoms with van der Waals surface area (Å²) in [6, 6.07) is 9.58. The van der Waals surface area contributed by atoms with Crippen molar-refractivity contribution < 1.29 is 4.74 Å². The quantitative estimate of drug-likeness (QED) is 0.881. The number of aryl methyl sites for hydroxylation is 1. The summed E-state index contributed by atoms with van der Waals surface area (Å²) in [5, 5.41) is 3.65. The van der Waals surface area contributed by atoms with Crippen molar-refractivity contribution in [1.29, 1.82) is 0 Å². The Morgan fingerprint density at radius 3 is 2.58 bits per heavy atom. The van der Waals surface area contributed by atoms with Crippen molar-refractivity contribution in [3.05, 3.63) is 35.4 Å². The van der Waals surface area contributed by atoms with Crippen molar-refractivity contribution in [2.45, 2.75) is 32.9 Å². The third-order valence-electron chi connectivity index (χ3n) is 4.04. The highest BCUT2D eigenvalue weighted by molar-refractivity contribution is 5.28. The van der Waals surface area contributed by atoms with Crippen molar-refractivity contribution in [3.63, 3.8) is 0 Å². The highest BCUT2D eigenvalue weighted by Gasteiger charge is 2.17. The summed E-state index contributed by atoms with van der Waals surface area (Å²) in [6.45, 7) is 11.6. The SMILES string of the molecule is Cc1ccccc1C(C)NCC(C)N1CCOCC1. The molecule has 0 aliphatic carbocycles. The van der Waals surface area contributed by atoms with Crippen LogP contribution in [-0.2, 0) is 4.74 Å². The van der Waals surface area contributed by atoms with Crippen LogP contribution in [0.1, 0.15) is 31.0 Å². The molecule has 0 radical (unpaired) electrons. The van der Waals surface area contributed by atoms with Gasteiger partial charge in [-0.25, -0.2) is 0 Å². The van der Waals surface area contributed by atoms with Gasteiger partial charge in [0.1, 0.15) is 0 Å². The number of nitrogens with zero attached hydrogens (tertiary/aromatic N) is 1. The molecule has 1 aromatic rings. The Balaban J connectivity index is 1.82. The third-order valence-corrected chi connectivity index (χ3v) is 4.04. The minimum atomic E-state index is 0.407. The number of hydrogen-bond donors (Lipinski definition) is 1. The fourth-order valence-electron chi connectivity index (χ4n) is 2.68. The number of nitrogens with one attached hydrogen (secondary N) is 1. The molecular formula is C16H26N2O. The summed E-state index contributed by atoms with van der Waals surface area (Å²) in [4.78, 5) is 2.50. The van der Waals surface area contributed by atoms with Gasteiger partial charge in [-0.2, -0.15) is 0 Å². The third kappa shape index (κ3) is 4.03. The minimum absolute atomic E-state index is 0.407. The molecule has 0 amide bonds. The zero-order valence-electron chi connectivity index (χ0n) is 12.4. The lowest BCUT2D eigenvalue weighted by molar-refractivity contribution is 0.0200. The van der Waals surface area contributed by atoms with Gasteiger partial charge in [-0.15, -0.1) is 0 Å². The lowest BCUT2D eigenvalue weighted by Crippen LogP contribution is -2.46. The Labute approximate surface area is 116 Å². The Kier molecular flexibility index (Phi) is 5.37. The summed E-state index contributed by atoms with van der Waals surface area (Å²) >= 11 is 0. The fourth-order valence-corrected chi connectivity index (χ4v) is 2.68. The van der Waals surface area contributed by atoms with Crippen LogP contribution in [0.25, 0.3) is 0 Å². The van der Waals surface area contributed by atoms with E-state index in [2.05, 4.69) is 55.3 Å². The van der Waals surface area contributed by atoms with Crippen LogP contribution < -0.4 is 5.32 Å². The van der Waals surface area contributed by atoms with Gasteiger partial charge in [-0.05, 0) is 31.9 Å². The summed E-state index contributed by atoms with van der Waals surface area (Å²) in [6.07, 6.45) is 0. The molecule has 19 heavy (non-hydrogen) atoms. The van der Waals surface area contributed by atoms with E-state index >= 15 is 0 Å². The van der Waals surface area contributed by atoms with Gasteiger partial charge in [-0.1, -0.05) is 24.3 Å². The number of ether oxygens (including phenoxy) is 1. The van der Waals surface area contributed by atoms with Crippen molar-refractivity contribution in [1.82, 2.24) is 10.2 Å². The van der Waals surface area contributed by atoms with Gasteiger partial charge in [0, 0.05) is 31.7 Å². The first-order valence-electron chi connectivity index (χ1n) is 7.29.